The minimum absolute atomic E-state index is 0.130. The lowest BCUT2D eigenvalue weighted by Gasteiger charge is -2.22. The summed E-state index contributed by atoms with van der Waals surface area (Å²) in [6, 6.07) is 8.10. The predicted molar refractivity (Wildman–Crippen MR) is 120 cm³/mol. The van der Waals surface area contributed by atoms with E-state index in [2.05, 4.69) is 27.5 Å². The fourth-order valence-corrected chi connectivity index (χ4v) is 5.30. The van der Waals surface area contributed by atoms with E-state index in [0.29, 0.717) is 11.9 Å². The van der Waals surface area contributed by atoms with Crippen molar-refractivity contribution in [2.75, 3.05) is 11.1 Å². The summed E-state index contributed by atoms with van der Waals surface area (Å²) < 4.78 is 0. The Labute approximate surface area is 174 Å². The first-order chi connectivity index (χ1) is 14.2. The van der Waals surface area contributed by atoms with Crippen LogP contribution in [0.1, 0.15) is 50.3 Å². The Morgan fingerprint density at radius 3 is 2.66 bits per heavy atom. The molecule has 1 aliphatic rings. The zero-order valence-electron chi connectivity index (χ0n) is 16.7. The molecule has 6 nitrogen and oxygen atoms in total. The van der Waals surface area contributed by atoms with E-state index in [1.807, 2.05) is 24.3 Å². The van der Waals surface area contributed by atoms with Crippen LogP contribution < -0.4 is 16.4 Å². The Hall–Kier alpha value is -2.67. The van der Waals surface area contributed by atoms with Crippen molar-refractivity contribution in [2.45, 2.75) is 57.9 Å². The van der Waals surface area contributed by atoms with Gasteiger partial charge in [0.25, 0.3) is 0 Å². The van der Waals surface area contributed by atoms with E-state index in [9.17, 15) is 4.79 Å². The molecule has 2 heterocycles. The first-order valence-corrected chi connectivity index (χ1v) is 11.2. The number of urea groups is 1. The normalized spacial score (nSPS) is 14.8. The second-order valence-corrected chi connectivity index (χ2v) is 8.68. The fourth-order valence-electron chi connectivity index (χ4n) is 4.03. The highest BCUT2D eigenvalue weighted by Crippen LogP contribution is 2.40. The maximum absolute atomic E-state index is 12.3. The molecule has 1 aliphatic carbocycles. The number of amides is 2. The van der Waals surface area contributed by atoms with Crippen LogP contribution in [0.2, 0.25) is 0 Å². The number of nitrogens with two attached hydrogens (primary N) is 1. The molecular weight excluding hydrogens is 382 g/mol. The van der Waals surface area contributed by atoms with Crippen LogP contribution in [0.3, 0.4) is 0 Å². The summed E-state index contributed by atoms with van der Waals surface area (Å²) in [6.45, 7) is 2.17. The van der Waals surface area contributed by atoms with Gasteiger partial charge in [0.2, 0.25) is 0 Å². The highest BCUT2D eigenvalue weighted by Gasteiger charge is 2.18. The van der Waals surface area contributed by atoms with Crippen LogP contribution in [0.25, 0.3) is 21.3 Å². The molecule has 0 bridgehead atoms. The third-order valence-electron chi connectivity index (χ3n) is 5.44. The van der Waals surface area contributed by atoms with Crippen molar-refractivity contribution in [3.63, 3.8) is 0 Å². The Kier molecular flexibility index (Phi) is 5.94. The number of rotatable bonds is 5. The Bertz CT molecular complexity index is 992. The molecule has 3 aromatic rings. The van der Waals surface area contributed by atoms with Crippen LogP contribution in [0.15, 0.2) is 30.6 Å². The van der Waals surface area contributed by atoms with E-state index < -0.39 is 0 Å². The first kappa shape index (κ1) is 19.6. The maximum Gasteiger partial charge on any atom is 0.319 e. The van der Waals surface area contributed by atoms with Crippen molar-refractivity contribution in [2.24, 2.45) is 0 Å². The molecule has 29 heavy (non-hydrogen) atoms. The molecule has 2 aromatic heterocycles. The molecule has 0 saturated heterocycles. The zero-order chi connectivity index (χ0) is 20.2. The number of aromatic nitrogens is 2. The minimum Gasteiger partial charge on any atom is -0.383 e. The van der Waals surface area contributed by atoms with E-state index in [1.54, 1.807) is 11.3 Å². The van der Waals surface area contributed by atoms with Gasteiger partial charge in [-0.15, -0.1) is 11.3 Å². The SMILES string of the molecule is CCCc1sc2ncnc(N)c2c1-c1ccc(NC(=O)NC2CCCCC2)cc1. The van der Waals surface area contributed by atoms with Gasteiger partial charge >= 0.3 is 6.03 Å². The molecule has 0 atom stereocenters. The van der Waals surface area contributed by atoms with Crippen LogP contribution in [0.5, 0.6) is 0 Å². The molecule has 4 rings (SSSR count). The van der Waals surface area contributed by atoms with E-state index in [0.717, 1.165) is 52.7 Å². The van der Waals surface area contributed by atoms with Crippen LogP contribution >= 0.6 is 11.3 Å². The summed E-state index contributed by atoms with van der Waals surface area (Å²) in [5.74, 6) is 0.512. The lowest BCUT2D eigenvalue weighted by Crippen LogP contribution is -2.38. The number of carbonyl (C=O) groups is 1. The first-order valence-electron chi connectivity index (χ1n) is 10.4. The Morgan fingerprint density at radius 1 is 1.17 bits per heavy atom. The van der Waals surface area contributed by atoms with Gasteiger partial charge in [-0.3, -0.25) is 0 Å². The summed E-state index contributed by atoms with van der Waals surface area (Å²) in [5.41, 5.74) is 9.14. The molecule has 0 aliphatic heterocycles. The largest absolute Gasteiger partial charge is 0.383 e. The highest BCUT2D eigenvalue weighted by molar-refractivity contribution is 7.19. The number of carbonyl (C=O) groups excluding carboxylic acids is 1. The van der Waals surface area contributed by atoms with Gasteiger partial charge in [-0.25, -0.2) is 14.8 Å². The summed E-state index contributed by atoms with van der Waals surface area (Å²) in [7, 11) is 0. The summed E-state index contributed by atoms with van der Waals surface area (Å²) in [4.78, 5) is 23.1. The standard InChI is InChI=1S/C22H27N5OS/c1-2-6-17-18(19-20(23)24-13-25-21(19)29-17)14-9-11-16(12-10-14)27-22(28)26-15-7-4-3-5-8-15/h9-13,15H,2-8H2,1H3,(H2,23,24,25)(H2,26,27,28). The van der Waals surface area contributed by atoms with Gasteiger partial charge in [0, 0.05) is 22.2 Å². The van der Waals surface area contributed by atoms with Crippen LogP contribution in [-0.4, -0.2) is 22.0 Å². The second kappa shape index (κ2) is 8.78. The molecule has 0 spiro atoms. The molecule has 152 valence electrons. The Morgan fingerprint density at radius 2 is 1.93 bits per heavy atom. The van der Waals surface area contributed by atoms with E-state index >= 15 is 0 Å². The molecule has 1 fully saturated rings. The number of nitrogens with zero attached hydrogens (tertiary/aromatic N) is 2. The van der Waals surface area contributed by atoms with Gasteiger partial charge in [0.1, 0.15) is 17.0 Å². The van der Waals surface area contributed by atoms with Crippen LogP contribution in [0, 0.1) is 0 Å². The molecule has 1 aromatic carbocycles. The summed E-state index contributed by atoms with van der Waals surface area (Å²) >= 11 is 1.68. The molecule has 0 radical (unpaired) electrons. The van der Waals surface area contributed by atoms with E-state index in [1.165, 1.54) is 30.5 Å². The lowest BCUT2D eigenvalue weighted by atomic mass is 9.96. The number of benzene rings is 1. The molecular formula is C22H27N5OS. The van der Waals surface area contributed by atoms with Gasteiger partial charge < -0.3 is 16.4 Å². The second-order valence-electron chi connectivity index (χ2n) is 7.60. The average molecular weight is 410 g/mol. The zero-order valence-corrected chi connectivity index (χ0v) is 17.5. The third-order valence-corrected chi connectivity index (χ3v) is 6.60. The van der Waals surface area contributed by atoms with E-state index in [-0.39, 0.29) is 6.03 Å². The number of hydrogen-bond donors (Lipinski definition) is 3. The van der Waals surface area contributed by atoms with Crippen molar-refractivity contribution >= 4 is 39.1 Å². The monoisotopic (exact) mass is 409 g/mol. The van der Waals surface area contributed by atoms with Crippen molar-refractivity contribution in [3.05, 3.63) is 35.5 Å². The molecule has 4 N–H and O–H groups in total. The molecule has 1 saturated carbocycles. The van der Waals surface area contributed by atoms with Crippen LogP contribution in [-0.2, 0) is 6.42 Å². The van der Waals surface area contributed by atoms with Crippen molar-refractivity contribution in [1.82, 2.24) is 15.3 Å². The maximum atomic E-state index is 12.3. The van der Waals surface area contributed by atoms with Gasteiger partial charge in [0.05, 0.1) is 5.39 Å². The molecule has 2 amide bonds. The fraction of sp³-hybridized carbons (Fsp3) is 0.409. The number of nitrogen functional groups attached to an aromatic ring is 1. The van der Waals surface area contributed by atoms with Crippen LogP contribution in [0.4, 0.5) is 16.3 Å². The number of anilines is 2. The highest BCUT2D eigenvalue weighted by atomic mass is 32.1. The van der Waals surface area contributed by atoms with Gasteiger partial charge in [-0.2, -0.15) is 0 Å². The quantitative estimate of drug-likeness (QED) is 0.530. The third kappa shape index (κ3) is 4.34. The van der Waals surface area contributed by atoms with Gasteiger partial charge in [0.15, 0.2) is 0 Å². The minimum atomic E-state index is -0.130. The number of thiophene rings is 1. The molecule has 7 heteroatoms. The van der Waals surface area contributed by atoms with Crippen molar-refractivity contribution in [3.8, 4) is 11.1 Å². The lowest BCUT2D eigenvalue weighted by molar-refractivity contribution is 0.244. The summed E-state index contributed by atoms with van der Waals surface area (Å²) in [6.07, 6.45) is 9.35. The number of fused-ring (bicyclic) bond motifs is 1. The molecule has 0 unspecified atom stereocenters. The van der Waals surface area contributed by atoms with Gasteiger partial charge in [-0.05, 0) is 37.0 Å². The Balaban J connectivity index is 1.55. The van der Waals surface area contributed by atoms with E-state index in [4.69, 9.17) is 5.73 Å². The van der Waals surface area contributed by atoms with Crippen molar-refractivity contribution in [1.29, 1.82) is 0 Å². The predicted octanol–water partition coefficient (Wildman–Crippen LogP) is 5.35. The topological polar surface area (TPSA) is 92.9 Å². The number of hydrogen-bond acceptors (Lipinski definition) is 5. The average Bonchev–Trinajstić information content (AvgIpc) is 3.09. The number of nitrogens with one attached hydrogen (secondary N) is 2. The smallest absolute Gasteiger partial charge is 0.319 e. The number of aryl methyl sites for hydroxylation is 1. The van der Waals surface area contributed by atoms with Crippen molar-refractivity contribution < 1.29 is 4.79 Å². The van der Waals surface area contributed by atoms with Gasteiger partial charge in [-0.1, -0.05) is 44.7 Å². The summed E-state index contributed by atoms with van der Waals surface area (Å²) in [5, 5.41) is 6.97.